The van der Waals surface area contributed by atoms with Crippen LogP contribution in [0.4, 0.5) is 0 Å². The predicted octanol–water partition coefficient (Wildman–Crippen LogP) is 4.24. The highest BCUT2D eigenvalue weighted by molar-refractivity contribution is 7.07. The molecule has 8 heteroatoms. The maximum Gasteiger partial charge on any atom is 0.338 e. The number of carbonyl (C=O) groups is 1. The number of fused-ring (bicyclic) bond motifs is 1. The van der Waals surface area contributed by atoms with Crippen molar-refractivity contribution >= 4 is 35.0 Å². The second-order valence-corrected chi connectivity index (χ2v) is 9.50. The molecular weight excluding hydrogens is 472 g/mol. The number of ether oxygens (including phenoxy) is 2. The molecule has 1 atom stereocenters. The van der Waals surface area contributed by atoms with Crippen LogP contribution in [0.1, 0.15) is 44.9 Å². The molecule has 0 fully saturated rings. The first kappa shape index (κ1) is 24.0. The van der Waals surface area contributed by atoms with E-state index >= 15 is 0 Å². The molecule has 0 aliphatic carbocycles. The molecule has 0 N–H and O–H groups in total. The monoisotopic (exact) mass is 496 g/mol. The molecule has 2 heterocycles. The van der Waals surface area contributed by atoms with E-state index in [1.165, 1.54) is 11.3 Å². The molecule has 0 spiro atoms. The fraction of sp³-hybridized carbons (Fsp3) is 0.269. The van der Waals surface area contributed by atoms with Crippen LogP contribution >= 0.6 is 22.9 Å². The Bertz CT molecular complexity index is 1430. The number of aromatic nitrogens is 1. The van der Waals surface area contributed by atoms with Gasteiger partial charge in [-0.05, 0) is 57.5 Å². The highest BCUT2D eigenvalue weighted by atomic mass is 35.5. The lowest BCUT2D eigenvalue weighted by atomic mass is 9.96. The van der Waals surface area contributed by atoms with Gasteiger partial charge >= 0.3 is 5.97 Å². The van der Waals surface area contributed by atoms with Crippen LogP contribution in [-0.2, 0) is 9.53 Å². The summed E-state index contributed by atoms with van der Waals surface area (Å²) in [6.45, 7) is 7.77. The molecule has 0 saturated carbocycles. The third-order valence-corrected chi connectivity index (χ3v) is 6.51. The summed E-state index contributed by atoms with van der Waals surface area (Å²) < 4.78 is 13.3. The van der Waals surface area contributed by atoms with E-state index in [-0.39, 0.29) is 11.7 Å². The Kier molecular flexibility index (Phi) is 7.05. The summed E-state index contributed by atoms with van der Waals surface area (Å²) in [6.07, 6.45) is 1.50. The number of benzene rings is 2. The number of hydrogen-bond donors (Lipinski definition) is 0. The highest BCUT2D eigenvalue weighted by Crippen LogP contribution is 2.31. The van der Waals surface area contributed by atoms with Crippen molar-refractivity contribution in [1.29, 1.82) is 0 Å². The number of para-hydroxylation sites is 1. The van der Waals surface area contributed by atoms with Gasteiger partial charge in [-0.25, -0.2) is 9.79 Å². The van der Waals surface area contributed by atoms with Crippen molar-refractivity contribution in [2.75, 3.05) is 6.61 Å². The molecule has 0 amide bonds. The summed E-state index contributed by atoms with van der Waals surface area (Å²) in [5, 5.41) is 0.565. The van der Waals surface area contributed by atoms with Gasteiger partial charge in [0.25, 0.3) is 5.56 Å². The summed E-state index contributed by atoms with van der Waals surface area (Å²) in [4.78, 5) is 31.9. The normalized spacial score (nSPS) is 15.8. The Morgan fingerprint density at radius 3 is 2.59 bits per heavy atom. The van der Waals surface area contributed by atoms with Crippen LogP contribution in [0.5, 0.6) is 5.75 Å². The van der Waals surface area contributed by atoms with Crippen LogP contribution in [0.15, 0.2) is 69.6 Å². The summed E-state index contributed by atoms with van der Waals surface area (Å²) >= 11 is 7.38. The van der Waals surface area contributed by atoms with Crippen molar-refractivity contribution in [2.24, 2.45) is 4.99 Å². The number of hydrogen-bond acceptors (Lipinski definition) is 6. The van der Waals surface area contributed by atoms with Gasteiger partial charge in [0.05, 0.1) is 34.6 Å². The first-order chi connectivity index (χ1) is 16.3. The molecule has 1 aliphatic heterocycles. The fourth-order valence-electron chi connectivity index (χ4n) is 3.85. The van der Waals surface area contributed by atoms with Crippen molar-refractivity contribution in [2.45, 2.75) is 39.8 Å². The van der Waals surface area contributed by atoms with E-state index in [1.807, 2.05) is 43.3 Å². The fourth-order valence-corrected chi connectivity index (χ4v) is 5.01. The van der Waals surface area contributed by atoms with Crippen LogP contribution < -0.4 is 19.6 Å². The first-order valence-corrected chi connectivity index (χ1v) is 12.2. The Hall–Kier alpha value is -3.16. The number of halogens is 1. The lowest BCUT2D eigenvalue weighted by molar-refractivity contribution is -0.143. The Morgan fingerprint density at radius 2 is 1.91 bits per heavy atom. The average molecular weight is 497 g/mol. The Balaban J connectivity index is 1.94. The van der Waals surface area contributed by atoms with Gasteiger partial charge < -0.3 is 9.47 Å². The second-order valence-electron chi connectivity index (χ2n) is 8.06. The van der Waals surface area contributed by atoms with Gasteiger partial charge in [0, 0.05) is 10.6 Å². The molecule has 6 nitrogen and oxygen atoms in total. The van der Waals surface area contributed by atoms with Crippen molar-refractivity contribution in [3.8, 4) is 5.75 Å². The van der Waals surface area contributed by atoms with E-state index in [0.717, 1.165) is 11.1 Å². The SMILES string of the molecule is CCOc1ccccc1/C=c1\sc2n(c1=O)[C@@H](c1ccc(Cl)cc1)C(C(=O)OC(C)C)=C(C)N=2. The smallest absolute Gasteiger partial charge is 0.338 e. The molecule has 176 valence electrons. The number of nitrogens with zero attached hydrogens (tertiary/aromatic N) is 2. The standard InChI is InChI=1S/C26H25ClN2O4S/c1-5-32-20-9-7-6-8-18(20)14-21-24(30)29-23(17-10-12-19(27)13-11-17)22(25(31)33-15(2)3)16(4)28-26(29)34-21/h6-15,23H,5H2,1-4H3/b21-14-/t23-/m0/s1. The molecule has 4 rings (SSSR count). The van der Waals surface area contributed by atoms with Gasteiger partial charge in [-0.15, -0.1) is 0 Å². The van der Waals surface area contributed by atoms with Gasteiger partial charge in [0.15, 0.2) is 4.80 Å². The second kappa shape index (κ2) is 9.99. The molecule has 0 saturated heterocycles. The van der Waals surface area contributed by atoms with Crippen LogP contribution in [0.2, 0.25) is 5.02 Å². The van der Waals surface area contributed by atoms with E-state index < -0.39 is 12.0 Å². The zero-order valence-corrected chi connectivity index (χ0v) is 20.9. The maximum absolute atomic E-state index is 13.7. The van der Waals surface area contributed by atoms with Crippen LogP contribution in [0.25, 0.3) is 6.08 Å². The summed E-state index contributed by atoms with van der Waals surface area (Å²) in [5.74, 6) is 0.203. The largest absolute Gasteiger partial charge is 0.493 e. The molecule has 1 aromatic heterocycles. The van der Waals surface area contributed by atoms with E-state index in [1.54, 1.807) is 43.5 Å². The van der Waals surface area contributed by atoms with E-state index in [4.69, 9.17) is 21.1 Å². The van der Waals surface area contributed by atoms with Crippen LogP contribution in [0.3, 0.4) is 0 Å². The molecule has 3 aromatic rings. The minimum atomic E-state index is -0.677. The number of thiazole rings is 1. The molecule has 0 bridgehead atoms. The zero-order chi connectivity index (χ0) is 24.4. The topological polar surface area (TPSA) is 69.9 Å². The van der Waals surface area contributed by atoms with Crippen LogP contribution in [0, 0.1) is 0 Å². The highest BCUT2D eigenvalue weighted by Gasteiger charge is 2.33. The van der Waals surface area contributed by atoms with Crippen LogP contribution in [-0.4, -0.2) is 23.2 Å². The zero-order valence-electron chi connectivity index (χ0n) is 19.4. The van der Waals surface area contributed by atoms with E-state index in [2.05, 4.69) is 4.99 Å². The van der Waals surface area contributed by atoms with Gasteiger partial charge in [0.2, 0.25) is 0 Å². The molecule has 0 radical (unpaired) electrons. The maximum atomic E-state index is 13.7. The average Bonchev–Trinajstić information content (AvgIpc) is 3.09. The summed E-state index contributed by atoms with van der Waals surface area (Å²) in [6, 6.07) is 14.0. The molecule has 34 heavy (non-hydrogen) atoms. The quantitative estimate of drug-likeness (QED) is 0.479. The lowest BCUT2D eigenvalue weighted by Gasteiger charge is -2.25. The molecular formula is C26H25ClN2O4S. The first-order valence-electron chi connectivity index (χ1n) is 11.0. The Labute approximate surface area is 206 Å². The third-order valence-electron chi connectivity index (χ3n) is 5.28. The summed E-state index contributed by atoms with van der Waals surface area (Å²) in [7, 11) is 0. The van der Waals surface area contributed by atoms with Gasteiger partial charge in [-0.2, -0.15) is 0 Å². The van der Waals surface area contributed by atoms with Crippen molar-refractivity contribution in [3.05, 3.63) is 95.6 Å². The van der Waals surface area contributed by atoms with Gasteiger partial charge in [-0.1, -0.05) is 53.3 Å². The van der Waals surface area contributed by atoms with Crippen molar-refractivity contribution in [3.63, 3.8) is 0 Å². The number of carbonyl (C=O) groups excluding carboxylic acids is 1. The lowest BCUT2D eigenvalue weighted by Crippen LogP contribution is -2.40. The summed E-state index contributed by atoms with van der Waals surface area (Å²) in [5.41, 5.74) is 2.17. The predicted molar refractivity (Wildman–Crippen MR) is 134 cm³/mol. The molecule has 0 unspecified atom stereocenters. The van der Waals surface area contributed by atoms with Gasteiger partial charge in [-0.3, -0.25) is 9.36 Å². The number of esters is 1. The minimum absolute atomic E-state index is 0.239. The van der Waals surface area contributed by atoms with Gasteiger partial charge in [0.1, 0.15) is 5.75 Å². The minimum Gasteiger partial charge on any atom is -0.493 e. The van der Waals surface area contributed by atoms with E-state index in [9.17, 15) is 9.59 Å². The van der Waals surface area contributed by atoms with Crippen molar-refractivity contribution in [1.82, 2.24) is 4.57 Å². The van der Waals surface area contributed by atoms with Crippen molar-refractivity contribution < 1.29 is 14.3 Å². The molecule has 2 aromatic carbocycles. The molecule has 1 aliphatic rings. The Morgan fingerprint density at radius 1 is 1.21 bits per heavy atom. The number of allylic oxidation sites excluding steroid dienone is 1. The number of rotatable bonds is 6. The van der Waals surface area contributed by atoms with E-state index in [0.29, 0.717) is 38.0 Å². The third kappa shape index (κ3) is 4.72.